The summed E-state index contributed by atoms with van der Waals surface area (Å²) in [4.78, 5) is 28.5. The van der Waals surface area contributed by atoms with Crippen LogP contribution < -0.4 is 19.7 Å². The lowest BCUT2D eigenvalue weighted by Crippen LogP contribution is -2.30. The lowest BCUT2D eigenvalue weighted by atomic mass is 9.98. The molecule has 59 heavy (non-hydrogen) atoms. The van der Waals surface area contributed by atoms with Gasteiger partial charge >= 0.3 is 6.09 Å². The molecule has 2 amide bonds. The maximum atomic E-state index is 13.7. The predicted octanol–water partition coefficient (Wildman–Crippen LogP) is 9.71. The van der Waals surface area contributed by atoms with Crippen molar-refractivity contribution in [1.29, 1.82) is 0 Å². The Kier molecular flexibility index (Phi) is 11.1. The largest absolute Gasteiger partial charge is 0.496 e. The first-order valence-corrected chi connectivity index (χ1v) is 21.2. The molecular formula is C48H46N4O6S. The highest BCUT2D eigenvalue weighted by atomic mass is 32.2. The van der Waals surface area contributed by atoms with Gasteiger partial charge in [0.05, 0.1) is 18.0 Å². The highest BCUT2D eigenvalue weighted by Gasteiger charge is 2.25. The van der Waals surface area contributed by atoms with Gasteiger partial charge in [0.2, 0.25) is 0 Å². The number of hydrogen-bond acceptors (Lipinski definition) is 7. The Morgan fingerprint density at radius 2 is 1.44 bits per heavy atom. The van der Waals surface area contributed by atoms with Gasteiger partial charge in [-0.3, -0.25) is 10.1 Å². The van der Waals surface area contributed by atoms with Crippen LogP contribution in [0, 0.1) is 0 Å². The van der Waals surface area contributed by atoms with E-state index in [1.165, 1.54) is 13.2 Å². The molecule has 0 radical (unpaired) electrons. The van der Waals surface area contributed by atoms with Crippen LogP contribution in [0.15, 0.2) is 145 Å². The fourth-order valence-electron chi connectivity index (χ4n) is 8.21. The molecule has 7 aromatic rings. The fourth-order valence-corrected chi connectivity index (χ4v) is 9.41. The van der Waals surface area contributed by atoms with E-state index in [4.69, 9.17) is 9.47 Å². The van der Waals surface area contributed by atoms with Crippen LogP contribution in [0.25, 0.3) is 21.7 Å². The molecule has 1 aromatic heterocycles. The molecule has 0 atom stereocenters. The average molecular weight is 807 g/mol. The minimum absolute atomic E-state index is 0.0111. The Bertz CT molecular complexity index is 2720. The van der Waals surface area contributed by atoms with Gasteiger partial charge in [0.1, 0.15) is 11.9 Å². The number of amides is 2. The van der Waals surface area contributed by atoms with Gasteiger partial charge < -0.3 is 18.9 Å². The minimum Gasteiger partial charge on any atom is -0.496 e. The van der Waals surface area contributed by atoms with Gasteiger partial charge in [0.25, 0.3) is 15.9 Å². The molecule has 1 aliphatic rings. The second-order valence-electron chi connectivity index (χ2n) is 15.1. The van der Waals surface area contributed by atoms with Crippen molar-refractivity contribution in [1.82, 2.24) is 9.29 Å². The Hall–Kier alpha value is -6.59. The molecule has 10 nitrogen and oxygen atoms in total. The quantitative estimate of drug-likeness (QED) is 0.126. The highest BCUT2D eigenvalue weighted by Crippen LogP contribution is 2.37. The second kappa shape index (κ2) is 16.7. The number of methoxy groups -OCH3 is 1. The average Bonchev–Trinajstić information content (AvgIpc) is 3.88. The standard InChI is InChI=1S/C48H46N4O6S/c1-51(2)42-22-12-21-40-39(42)20-13-23-45(40)59(55,56)50-47(53)35-25-24-34(44(29-35)57-3)28-36-31-52(46(32-14-6-4-7-15-32)33-16-8-5-9-17-33)43-27-26-37(30-41(36)43)49-48(54)58-38-18-10-11-19-38/h4-9,12-17,20-27,29-31,38,46H,10-11,18-19,28H2,1-3H3,(H,49,54)(H,50,53). The summed E-state index contributed by atoms with van der Waals surface area (Å²) in [7, 11) is 1.06. The van der Waals surface area contributed by atoms with Gasteiger partial charge in [0.15, 0.2) is 0 Å². The summed E-state index contributed by atoms with van der Waals surface area (Å²) in [6.07, 6.45) is 5.86. The van der Waals surface area contributed by atoms with Crippen LogP contribution in [0.1, 0.15) is 64.3 Å². The summed E-state index contributed by atoms with van der Waals surface area (Å²) in [6, 6.07) is 41.8. The van der Waals surface area contributed by atoms with E-state index in [0.717, 1.165) is 69.9 Å². The van der Waals surface area contributed by atoms with E-state index in [-0.39, 0.29) is 22.6 Å². The molecule has 0 spiro atoms. The number of carbonyl (C=O) groups is 2. The number of carbonyl (C=O) groups excluding carboxylic acids is 2. The van der Waals surface area contributed by atoms with Crippen LogP contribution in [0.2, 0.25) is 0 Å². The molecule has 1 fully saturated rings. The molecule has 8 rings (SSSR count). The van der Waals surface area contributed by atoms with Crippen LogP contribution in [0.5, 0.6) is 5.75 Å². The van der Waals surface area contributed by atoms with E-state index in [0.29, 0.717) is 23.2 Å². The number of nitrogens with zero attached hydrogens (tertiary/aromatic N) is 2. The van der Waals surface area contributed by atoms with Crippen molar-refractivity contribution in [3.63, 3.8) is 0 Å². The summed E-state index contributed by atoms with van der Waals surface area (Å²) >= 11 is 0. The van der Waals surface area contributed by atoms with Crippen molar-refractivity contribution in [2.75, 3.05) is 31.4 Å². The Morgan fingerprint density at radius 1 is 0.763 bits per heavy atom. The Labute approximate surface area is 344 Å². The molecule has 6 aromatic carbocycles. The minimum atomic E-state index is -4.25. The fraction of sp³-hybridized carbons (Fsp3) is 0.208. The molecule has 0 aliphatic heterocycles. The van der Waals surface area contributed by atoms with Gasteiger partial charge in [-0.15, -0.1) is 0 Å². The maximum Gasteiger partial charge on any atom is 0.411 e. The van der Waals surface area contributed by atoms with Gasteiger partial charge in [-0.25, -0.2) is 17.9 Å². The first kappa shape index (κ1) is 39.2. The molecule has 1 saturated carbocycles. The number of nitrogens with one attached hydrogen (secondary N) is 2. The normalized spacial score (nSPS) is 13.2. The lowest BCUT2D eigenvalue weighted by molar-refractivity contribution is 0.0980. The molecule has 1 heterocycles. The van der Waals surface area contributed by atoms with E-state index in [9.17, 15) is 18.0 Å². The zero-order valence-corrected chi connectivity index (χ0v) is 34.0. The predicted molar refractivity (Wildman–Crippen MR) is 233 cm³/mol. The monoisotopic (exact) mass is 806 g/mol. The maximum absolute atomic E-state index is 13.7. The number of rotatable bonds is 12. The zero-order chi connectivity index (χ0) is 41.1. The Morgan fingerprint density at radius 3 is 2.12 bits per heavy atom. The molecule has 0 unspecified atom stereocenters. The highest BCUT2D eigenvalue weighted by molar-refractivity contribution is 7.90. The number of ether oxygens (including phenoxy) is 2. The summed E-state index contributed by atoms with van der Waals surface area (Å²) < 4.78 is 43.6. The molecule has 0 saturated heterocycles. The van der Waals surface area contributed by atoms with Crippen LogP contribution in [0.4, 0.5) is 16.2 Å². The third-order valence-corrected chi connectivity index (χ3v) is 12.4. The van der Waals surface area contributed by atoms with Crippen molar-refractivity contribution in [3.8, 4) is 5.75 Å². The van der Waals surface area contributed by atoms with Crippen molar-refractivity contribution < 1.29 is 27.5 Å². The number of sulfonamides is 1. The summed E-state index contributed by atoms with van der Waals surface area (Å²) in [5, 5.41) is 5.14. The number of hydrogen-bond donors (Lipinski definition) is 2. The van der Waals surface area contributed by atoms with Crippen molar-refractivity contribution in [2.24, 2.45) is 0 Å². The number of aromatic nitrogens is 1. The Balaban J connectivity index is 1.14. The van der Waals surface area contributed by atoms with E-state index >= 15 is 0 Å². The summed E-state index contributed by atoms with van der Waals surface area (Å²) in [6.45, 7) is 0. The summed E-state index contributed by atoms with van der Waals surface area (Å²) in [5.74, 6) is -0.352. The van der Waals surface area contributed by atoms with Crippen molar-refractivity contribution >= 4 is 55.1 Å². The molecule has 1 aliphatic carbocycles. The van der Waals surface area contributed by atoms with Crippen LogP contribution in [-0.4, -0.2) is 52.3 Å². The number of anilines is 2. The van der Waals surface area contributed by atoms with Crippen LogP contribution >= 0.6 is 0 Å². The number of fused-ring (bicyclic) bond motifs is 2. The van der Waals surface area contributed by atoms with Crippen molar-refractivity contribution in [2.45, 2.75) is 49.1 Å². The number of benzene rings is 6. The topological polar surface area (TPSA) is 119 Å². The molecule has 0 bridgehead atoms. The van der Waals surface area contributed by atoms with E-state index in [2.05, 4.69) is 45.1 Å². The summed E-state index contributed by atoms with van der Waals surface area (Å²) in [5.41, 5.74) is 6.51. The molecule has 11 heteroatoms. The molecule has 2 N–H and O–H groups in total. The van der Waals surface area contributed by atoms with Gasteiger partial charge in [-0.2, -0.15) is 0 Å². The van der Waals surface area contributed by atoms with Gasteiger partial charge in [-0.05, 0) is 90.4 Å². The zero-order valence-electron chi connectivity index (χ0n) is 33.2. The van der Waals surface area contributed by atoms with Gasteiger partial charge in [-0.1, -0.05) is 91.0 Å². The first-order valence-electron chi connectivity index (χ1n) is 19.7. The third kappa shape index (κ3) is 8.24. The SMILES string of the molecule is COc1cc(C(=O)NS(=O)(=O)c2cccc3c(N(C)C)cccc23)ccc1Cc1cn(C(c2ccccc2)c2ccccc2)c2ccc(NC(=O)OC3CCCC3)cc12. The van der Waals surface area contributed by atoms with E-state index in [1.54, 1.807) is 36.4 Å². The van der Waals surface area contributed by atoms with E-state index < -0.39 is 22.0 Å². The van der Waals surface area contributed by atoms with Gasteiger partial charge in [0, 0.05) is 65.3 Å². The van der Waals surface area contributed by atoms with Crippen LogP contribution in [0.3, 0.4) is 0 Å². The second-order valence-corrected chi connectivity index (χ2v) is 16.8. The smallest absolute Gasteiger partial charge is 0.411 e. The molecule has 300 valence electrons. The molecular weight excluding hydrogens is 761 g/mol. The lowest BCUT2D eigenvalue weighted by Gasteiger charge is -2.22. The first-order chi connectivity index (χ1) is 28.6. The van der Waals surface area contributed by atoms with E-state index in [1.807, 2.05) is 85.7 Å². The van der Waals surface area contributed by atoms with Crippen molar-refractivity contribution in [3.05, 3.63) is 167 Å². The van der Waals surface area contributed by atoms with Crippen LogP contribution in [-0.2, 0) is 21.2 Å². The third-order valence-electron chi connectivity index (χ3n) is 11.0.